The number of carbonyl (C=O) groups is 1. The van der Waals surface area contributed by atoms with Gasteiger partial charge in [0.2, 0.25) is 5.91 Å². The Morgan fingerprint density at radius 1 is 0.938 bits per heavy atom. The molecule has 0 unspecified atom stereocenters. The number of carbonyl (C=O) groups excluding carboxylic acids is 1. The van der Waals surface area contributed by atoms with Crippen molar-refractivity contribution < 1.29 is 9.90 Å². The molecular formula is C27H29ClN2O2. The number of hydrogen-bond donors (Lipinski definition) is 2. The minimum atomic E-state index is 0.0103. The topological polar surface area (TPSA) is 52.6 Å². The molecular weight excluding hydrogens is 420 g/mol. The Kier molecular flexibility index (Phi) is 7.59. The van der Waals surface area contributed by atoms with E-state index in [9.17, 15) is 9.90 Å². The van der Waals surface area contributed by atoms with Crippen LogP contribution in [-0.4, -0.2) is 35.1 Å². The Morgan fingerprint density at radius 3 is 2.22 bits per heavy atom. The summed E-state index contributed by atoms with van der Waals surface area (Å²) >= 11 is 5.95. The molecule has 1 amide bonds. The molecule has 0 radical (unpaired) electrons. The predicted octanol–water partition coefficient (Wildman–Crippen LogP) is 5.54. The Morgan fingerprint density at radius 2 is 1.56 bits per heavy atom. The summed E-state index contributed by atoms with van der Waals surface area (Å²) in [6.07, 6.45) is 3.38. The van der Waals surface area contributed by atoms with Gasteiger partial charge in [-0.2, -0.15) is 0 Å². The average molecular weight is 449 g/mol. The highest BCUT2D eigenvalue weighted by molar-refractivity contribution is 6.30. The number of rotatable bonds is 8. The van der Waals surface area contributed by atoms with Crippen molar-refractivity contribution in [1.29, 1.82) is 0 Å². The number of aryl methyl sites for hydroxylation is 1. The quantitative estimate of drug-likeness (QED) is 0.476. The van der Waals surface area contributed by atoms with Gasteiger partial charge in [0.25, 0.3) is 0 Å². The van der Waals surface area contributed by atoms with Gasteiger partial charge in [-0.05, 0) is 72.3 Å². The highest BCUT2D eigenvalue weighted by atomic mass is 35.5. The number of nitrogens with zero attached hydrogens (tertiary/aromatic N) is 1. The van der Waals surface area contributed by atoms with Crippen molar-refractivity contribution in [1.82, 2.24) is 4.90 Å². The first kappa shape index (κ1) is 22.5. The summed E-state index contributed by atoms with van der Waals surface area (Å²) in [6.45, 7) is 2.16. The maximum atomic E-state index is 12.4. The van der Waals surface area contributed by atoms with Gasteiger partial charge in [0, 0.05) is 29.7 Å². The zero-order chi connectivity index (χ0) is 22.3. The summed E-state index contributed by atoms with van der Waals surface area (Å²) in [4.78, 5) is 14.7. The third-order valence-electron chi connectivity index (χ3n) is 6.11. The van der Waals surface area contributed by atoms with Crippen molar-refractivity contribution in [2.75, 3.05) is 18.5 Å². The lowest BCUT2D eigenvalue weighted by atomic mass is 10.1. The molecule has 0 aromatic heterocycles. The first-order valence-corrected chi connectivity index (χ1v) is 11.6. The molecule has 1 aliphatic rings. The van der Waals surface area contributed by atoms with Gasteiger partial charge in [-0.25, -0.2) is 0 Å². The van der Waals surface area contributed by atoms with Gasteiger partial charge in [-0.1, -0.05) is 60.1 Å². The summed E-state index contributed by atoms with van der Waals surface area (Å²) in [6, 6.07) is 24.3. The highest BCUT2D eigenvalue weighted by Crippen LogP contribution is 2.23. The van der Waals surface area contributed by atoms with Crippen LogP contribution in [-0.2, 0) is 17.8 Å². The lowest BCUT2D eigenvalue weighted by Gasteiger charge is -2.22. The van der Waals surface area contributed by atoms with E-state index in [0.29, 0.717) is 23.9 Å². The van der Waals surface area contributed by atoms with Crippen molar-refractivity contribution in [3.05, 3.63) is 88.9 Å². The van der Waals surface area contributed by atoms with Crippen molar-refractivity contribution in [3.63, 3.8) is 0 Å². The van der Waals surface area contributed by atoms with Crippen molar-refractivity contribution in [2.45, 2.75) is 38.3 Å². The first-order chi connectivity index (χ1) is 15.6. The molecule has 32 heavy (non-hydrogen) atoms. The van der Waals surface area contributed by atoms with E-state index in [4.69, 9.17) is 11.6 Å². The van der Waals surface area contributed by atoms with E-state index in [0.717, 1.165) is 48.3 Å². The molecule has 0 spiro atoms. The molecule has 166 valence electrons. The number of anilines is 1. The molecule has 5 heteroatoms. The van der Waals surface area contributed by atoms with Gasteiger partial charge >= 0.3 is 0 Å². The SMILES string of the molecule is O=C(CCc1ccc(CN2CCC[C@@H]2CO)cc1)Nc1ccc(-c2ccc(Cl)cc2)cc1. The minimum absolute atomic E-state index is 0.0103. The van der Waals surface area contributed by atoms with E-state index in [1.54, 1.807) is 0 Å². The van der Waals surface area contributed by atoms with Gasteiger partial charge < -0.3 is 10.4 Å². The standard InChI is InChI=1S/C27H29ClN2O2/c28-24-12-8-22(9-13-24)23-10-14-25(15-11-23)29-27(32)16-7-20-3-5-21(6-4-20)18-30-17-1-2-26(30)19-31/h3-6,8-15,26,31H,1-2,7,16-19H2,(H,29,32)/t26-/m1/s1. The van der Waals surface area contributed by atoms with E-state index in [1.165, 1.54) is 5.56 Å². The third-order valence-corrected chi connectivity index (χ3v) is 6.36. The first-order valence-electron chi connectivity index (χ1n) is 11.2. The van der Waals surface area contributed by atoms with Crippen LogP contribution < -0.4 is 5.32 Å². The van der Waals surface area contributed by atoms with Crippen LogP contribution in [0.5, 0.6) is 0 Å². The van der Waals surface area contributed by atoms with E-state index in [-0.39, 0.29) is 12.5 Å². The maximum absolute atomic E-state index is 12.4. The van der Waals surface area contributed by atoms with Crippen molar-refractivity contribution in [3.8, 4) is 11.1 Å². The summed E-state index contributed by atoms with van der Waals surface area (Å²) in [7, 11) is 0. The number of benzene rings is 3. The fourth-order valence-corrected chi connectivity index (χ4v) is 4.35. The van der Waals surface area contributed by atoms with Gasteiger partial charge in [-0.3, -0.25) is 9.69 Å². The smallest absolute Gasteiger partial charge is 0.224 e. The molecule has 1 saturated heterocycles. The molecule has 2 N–H and O–H groups in total. The van der Waals surface area contributed by atoms with Crippen LogP contribution in [0, 0.1) is 0 Å². The summed E-state index contributed by atoms with van der Waals surface area (Å²) in [5.41, 5.74) is 5.37. The summed E-state index contributed by atoms with van der Waals surface area (Å²) in [5.74, 6) is 0.0103. The summed E-state index contributed by atoms with van der Waals surface area (Å²) in [5, 5.41) is 13.2. The van der Waals surface area contributed by atoms with Gasteiger partial charge in [0.15, 0.2) is 0 Å². The van der Waals surface area contributed by atoms with E-state index in [1.807, 2.05) is 48.5 Å². The fourth-order valence-electron chi connectivity index (χ4n) is 4.23. The van der Waals surface area contributed by atoms with Crippen molar-refractivity contribution in [2.24, 2.45) is 0 Å². The number of aliphatic hydroxyl groups is 1. The molecule has 4 rings (SSSR count). The Balaban J connectivity index is 1.25. The van der Waals surface area contributed by atoms with Gasteiger partial charge in [0.1, 0.15) is 0 Å². The normalized spacial score (nSPS) is 16.2. The van der Waals surface area contributed by atoms with E-state index < -0.39 is 0 Å². The molecule has 3 aromatic rings. The molecule has 1 fully saturated rings. The molecule has 0 saturated carbocycles. The van der Waals surface area contributed by atoms with Crippen LogP contribution in [0.25, 0.3) is 11.1 Å². The second-order valence-corrected chi connectivity index (χ2v) is 8.83. The van der Waals surface area contributed by atoms with E-state index in [2.05, 4.69) is 34.5 Å². The van der Waals surface area contributed by atoms with Crippen LogP contribution in [0.1, 0.15) is 30.4 Å². The number of amides is 1. The molecule has 1 heterocycles. The summed E-state index contributed by atoms with van der Waals surface area (Å²) < 4.78 is 0. The molecule has 1 atom stereocenters. The third kappa shape index (κ3) is 5.98. The average Bonchev–Trinajstić information content (AvgIpc) is 3.27. The second kappa shape index (κ2) is 10.8. The van der Waals surface area contributed by atoms with Crippen LogP contribution in [0.3, 0.4) is 0 Å². The van der Waals surface area contributed by atoms with Crippen LogP contribution >= 0.6 is 11.6 Å². The zero-order valence-electron chi connectivity index (χ0n) is 18.1. The number of aliphatic hydroxyl groups excluding tert-OH is 1. The monoisotopic (exact) mass is 448 g/mol. The molecule has 0 bridgehead atoms. The van der Waals surface area contributed by atoms with E-state index >= 15 is 0 Å². The molecule has 1 aliphatic heterocycles. The highest BCUT2D eigenvalue weighted by Gasteiger charge is 2.23. The maximum Gasteiger partial charge on any atom is 0.224 e. The number of nitrogens with one attached hydrogen (secondary N) is 1. The number of likely N-dealkylation sites (tertiary alicyclic amines) is 1. The number of halogens is 1. The lowest BCUT2D eigenvalue weighted by molar-refractivity contribution is -0.116. The van der Waals surface area contributed by atoms with Gasteiger partial charge in [0.05, 0.1) is 6.61 Å². The van der Waals surface area contributed by atoms with Crippen molar-refractivity contribution >= 4 is 23.2 Å². The fraction of sp³-hybridized carbons (Fsp3) is 0.296. The molecule has 3 aromatic carbocycles. The second-order valence-electron chi connectivity index (χ2n) is 8.40. The Bertz CT molecular complexity index is 1020. The molecule has 0 aliphatic carbocycles. The zero-order valence-corrected chi connectivity index (χ0v) is 18.9. The van der Waals surface area contributed by atoms with Crippen LogP contribution in [0.2, 0.25) is 5.02 Å². The Hall–Kier alpha value is -2.66. The van der Waals surface area contributed by atoms with Crippen LogP contribution in [0.4, 0.5) is 5.69 Å². The minimum Gasteiger partial charge on any atom is -0.395 e. The van der Waals surface area contributed by atoms with Gasteiger partial charge in [-0.15, -0.1) is 0 Å². The predicted molar refractivity (Wildman–Crippen MR) is 131 cm³/mol. The lowest BCUT2D eigenvalue weighted by Crippen LogP contribution is -2.31. The Labute approximate surface area is 194 Å². The molecule has 4 nitrogen and oxygen atoms in total. The number of hydrogen-bond acceptors (Lipinski definition) is 3. The largest absolute Gasteiger partial charge is 0.395 e. The van der Waals surface area contributed by atoms with Crippen LogP contribution in [0.15, 0.2) is 72.8 Å².